The molecule has 1 saturated carbocycles. The number of aromatic nitrogens is 7. The molecule has 10 rings (SSSR count). The molecular formula is C48H56F4N12O4. The van der Waals surface area contributed by atoms with E-state index in [-0.39, 0.29) is 48.7 Å². The van der Waals surface area contributed by atoms with Crippen LogP contribution in [0, 0.1) is 23.7 Å². The molecule has 8 heterocycles. The number of likely N-dealkylation sites (tertiary alicyclic amines) is 2. The molecule has 0 bridgehead atoms. The monoisotopic (exact) mass is 940 g/mol. The maximum absolute atomic E-state index is 15.5. The SMILES string of the molecule is Cn1nc(C2CCC(=O)NC2=O)c2cccc(C#CCO[C@H]3CCN(CC4CCC(n5cc(NC(=O)c6cnn7ccc(N8CCC(CN9CC(F)C9)CC8)nc67)c(C(F)F)n5)CC4)C[C@H]3F)c21. The van der Waals surface area contributed by atoms with Gasteiger partial charge in [-0.3, -0.25) is 38.9 Å². The number of rotatable bonds is 12. The number of amides is 3. The van der Waals surface area contributed by atoms with Crippen LogP contribution in [-0.4, -0.2) is 139 Å². The molecule has 68 heavy (non-hydrogen) atoms. The summed E-state index contributed by atoms with van der Waals surface area (Å²) < 4.78 is 68.2. The van der Waals surface area contributed by atoms with Gasteiger partial charge in [0.15, 0.2) is 11.3 Å². The zero-order valence-corrected chi connectivity index (χ0v) is 38.0. The minimum Gasteiger partial charge on any atom is -0.362 e. The highest BCUT2D eigenvalue weighted by Crippen LogP contribution is 2.37. The molecule has 1 unspecified atom stereocenters. The number of anilines is 2. The molecule has 16 nitrogen and oxygen atoms in total. The number of carbonyl (C=O) groups excluding carboxylic acids is 3. The molecule has 360 valence electrons. The van der Waals surface area contributed by atoms with Gasteiger partial charge in [0.25, 0.3) is 12.3 Å². The summed E-state index contributed by atoms with van der Waals surface area (Å²) in [6.45, 7) is 5.22. The maximum atomic E-state index is 15.5. The number of hydrogen-bond acceptors (Lipinski definition) is 11. The van der Waals surface area contributed by atoms with Gasteiger partial charge >= 0.3 is 0 Å². The van der Waals surface area contributed by atoms with Crippen LogP contribution in [0.25, 0.3) is 16.6 Å². The van der Waals surface area contributed by atoms with Crippen LogP contribution in [0.15, 0.2) is 42.9 Å². The zero-order chi connectivity index (χ0) is 47.1. The molecule has 3 atom stereocenters. The topological polar surface area (TPSA) is 160 Å². The Morgan fingerprint density at radius 1 is 0.941 bits per heavy atom. The predicted molar refractivity (Wildman–Crippen MR) is 244 cm³/mol. The number of nitrogens with one attached hydrogen (secondary N) is 2. The molecule has 3 amide bonds. The molecule has 1 aliphatic carbocycles. The van der Waals surface area contributed by atoms with Gasteiger partial charge in [-0.25, -0.2) is 27.1 Å². The van der Waals surface area contributed by atoms with E-state index < -0.39 is 42.4 Å². The van der Waals surface area contributed by atoms with Crippen molar-refractivity contribution in [3.8, 4) is 11.8 Å². The first kappa shape index (κ1) is 45.9. The van der Waals surface area contributed by atoms with Gasteiger partial charge in [-0.05, 0) is 75.3 Å². The molecule has 5 fully saturated rings. The molecule has 4 aliphatic heterocycles. The number of aryl methyl sites for hydroxylation is 1. The molecule has 0 spiro atoms. The maximum Gasteiger partial charge on any atom is 0.284 e. The van der Waals surface area contributed by atoms with Crippen molar-refractivity contribution in [1.29, 1.82) is 0 Å². The van der Waals surface area contributed by atoms with E-state index in [1.807, 2.05) is 24.3 Å². The van der Waals surface area contributed by atoms with Crippen molar-refractivity contribution in [2.24, 2.45) is 18.9 Å². The van der Waals surface area contributed by atoms with Crippen LogP contribution in [0.2, 0.25) is 0 Å². The van der Waals surface area contributed by atoms with Crippen LogP contribution in [0.1, 0.15) is 103 Å². The Hall–Kier alpha value is -5.91. The Morgan fingerprint density at radius 3 is 2.47 bits per heavy atom. The van der Waals surface area contributed by atoms with Crippen molar-refractivity contribution in [3.05, 3.63) is 65.4 Å². The molecule has 0 radical (unpaired) electrons. The summed E-state index contributed by atoms with van der Waals surface area (Å²) in [6, 6.07) is 7.34. The number of benzene rings is 1. The summed E-state index contributed by atoms with van der Waals surface area (Å²) in [6.07, 6.45) is 5.40. The third kappa shape index (κ3) is 9.70. The zero-order valence-electron chi connectivity index (χ0n) is 38.0. The number of piperidine rings is 3. The first-order valence-electron chi connectivity index (χ1n) is 23.8. The summed E-state index contributed by atoms with van der Waals surface area (Å²) >= 11 is 0. The smallest absolute Gasteiger partial charge is 0.284 e. The number of ether oxygens (including phenoxy) is 1. The fraction of sp³-hybridized carbons (Fsp3) is 0.562. The summed E-state index contributed by atoms with van der Waals surface area (Å²) in [7, 11) is 1.79. The first-order chi connectivity index (χ1) is 32.9. The van der Waals surface area contributed by atoms with E-state index in [9.17, 15) is 27.6 Å². The van der Waals surface area contributed by atoms with Gasteiger partial charge in [0, 0.05) is 83.6 Å². The lowest BCUT2D eigenvalue weighted by atomic mass is 9.85. The van der Waals surface area contributed by atoms with Crippen LogP contribution in [0.5, 0.6) is 0 Å². The minimum atomic E-state index is -2.91. The number of para-hydroxylation sites is 1. The van der Waals surface area contributed by atoms with Crippen LogP contribution < -0.4 is 15.5 Å². The lowest BCUT2D eigenvalue weighted by Gasteiger charge is -2.40. The van der Waals surface area contributed by atoms with Gasteiger partial charge in [-0.2, -0.15) is 15.3 Å². The molecular weight excluding hydrogens is 885 g/mol. The lowest BCUT2D eigenvalue weighted by molar-refractivity contribution is -0.134. The summed E-state index contributed by atoms with van der Waals surface area (Å²) in [5.41, 5.74) is 2.03. The molecule has 1 aromatic carbocycles. The van der Waals surface area contributed by atoms with Gasteiger partial charge in [0.05, 0.1) is 46.7 Å². The highest BCUT2D eigenvalue weighted by Gasteiger charge is 2.35. The Balaban J connectivity index is 0.692. The Kier molecular flexibility index (Phi) is 13.2. The van der Waals surface area contributed by atoms with E-state index in [1.54, 1.807) is 22.6 Å². The minimum absolute atomic E-state index is 0.0533. The number of halogens is 4. The largest absolute Gasteiger partial charge is 0.362 e. The van der Waals surface area contributed by atoms with Crippen LogP contribution >= 0.6 is 0 Å². The van der Waals surface area contributed by atoms with Crippen molar-refractivity contribution in [2.45, 2.75) is 94.6 Å². The fourth-order valence-electron chi connectivity index (χ4n) is 10.8. The Morgan fingerprint density at radius 2 is 1.72 bits per heavy atom. The number of nitrogens with zero attached hydrogens (tertiary/aromatic N) is 10. The average molecular weight is 941 g/mol. The highest BCUT2D eigenvalue weighted by atomic mass is 19.3. The van der Waals surface area contributed by atoms with Crippen molar-refractivity contribution < 1.29 is 36.7 Å². The molecule has 20 heteroatoms. The lowest BCUT2D eigenvalue weighted by Crippen LogP contribution is -2.51. The number of imide groups is 1. The van der Waals surface area contributed by atoms with Crippen molar-refractivity contribution in [2.75, 3.05) is 69.2 Å². The molecule has 5 aliphatic rings. The third-order valence-corrected chi connectivity index (χ3v) is 14.5. The average Bonchev–Trinajstić information content (AvgIpc) is 4.04. The summed E-state index contributed by atoms with van der Waals surface area (Å²) in [5.74, 6) is 5.94. The van der Waals surface area contributed by atoms with E-state index in [0.717, 1.165) is 62.8 Å². The van der Waals surface area contributed by atoms with Crippen LogP contribution in [-0.2, 0) is 21.4 Å². The highest BCUT2D eigenvalue weighted by molar-refractivity contribution is 6.08. The number of hydrogen-bond donors (Lipinski definition) is 2. The number of carbonyl (C=O) groups is 3. The first-order valence-corrected chi connectivity index (χ1v) is 23.8. The van der Waals surface area contributed by atoms with Crippen molar-refractivity contribution >= 4 is 45.8 Å². The van der Waals surface area contributed by atoms with Crippen LogP contribution in [0.4, 0.5) is 29.1 Å². The number of alkyl halides is 4. The fourth-order valence-corrected chi connectivity index (χ4v) is 10.8. The standard InChI is InChI=1S/C48H56F4N12O4/c1-59-44-31(4-2-6-34(44)42(57-59)35-11-12-41(65)56-47(35)66)5-3-21-68-39-15-17-60(27-37(39)50)23-29-7-9-33(10-8-29)64-28-38(43(58-64)45(51)52)54-48(67)36-22-53-63-20-16-40(55-46(36)63)62-18-13-30(14-19-62)24-61-25-32(49)26-61/h2,4,6,16,20,22,28-30,32-33,35,37,39,45H,7-15,17-19,21,23-27H2,1H3,(H,54,67)(H,56,65,66)/t29?,33?,35?,37-,39+/m1/s1. The second-order valence-electron chi connectivity index (χ2n) is 19.1. The van der Waals surface area contributed by atoms with Gasteiger partial charge in [-0.15, -0.1) is 0 Å². The van der Waals surface area contributed by atoms with E-state index >= 15 is 4.39 Å². The van der Waals surface area contributed by atoms with Gasteiger partial charge in [-0.1, -0.05) is 24.0 Å². The van der Waals surface area contributed by atoms with E-state index in [4.69, 9.17) is 9.72 Å². The quantitative estimate of drug-likeness (QED) is 0.0911. The van der Waals surface area contributed by atoms with E-state index in [0.29, 0.717) is 79.9 Å². The summed E-state index contributed by atoms with van der Waals surface area (Å²) in [4.78, 5) is 49.2. The van der Waals surface area contributed by atoms with Crippen molar-refractivity contribution in [1.82, 2.24) is 49.3 Å². The third-order valence-electron chi connectivity index (χ3n) is 14.5. The van der Waals surface area contributed by atoms with Gasteiger partial charge in [0.2, 0.25) is 11.8 Å². The Labute approximate surface area is 390 Å². The predicted octanol–water partition coefficient (Wildman–Crippen LogP) is 5.60. The second-order valence-corrected chi connectivity index (χ2v) is 19.1. The van der Waals surface area contributed by atoms with Gasteiger partial charge < -0.3 is 15.0 Å². The van der Waals surface area contributed by atoms with Crippen molar-refractivity contribution in [3.63, 3.8) is 0 Å². The van der Waals surface area contributed by atoms with Crippen LogP contribution in [0.3, 0.4) is 0 Å². The number of fused-ring (bicyclic) bond motifs is 2. The Bertz CT molecular complexity index is 2730. The molecule has 4 saturated heterocycles. The molecule has 4 aromatic heterocycles. The normalized spacial score (nSPS) is 24.6. The van der Waals surface area contributed by atoms with E-state index in [1.165, 1.54) is 16.9 Å². The van der Waals surface area contributed by atoms with Gasteiger partial charge in [0.1, 0.15) is 30.3 Å². The molecule has 2 N–H and O–H groups in total. The molecule has 5 aromatic rings. The summed E-state index contributed by atoms with van der Waals surface area (Å²) in [5, 5.41) is 19.1. The second kappa shape index (κ2) is 19.6. The van der Waals surface area contributed by atoms with E-state index in [2.05, 4.69) is 52.5 Å².